The Labute approximate surface area is 288 Å². The van der Waals surface area contributed by atoms with Crippen LogP contribution in [0.25, 0.3) is 0 Å². The van der Waals surface area contributed by atoms with Gasteiger partial charge < -0.3 is 9.47 Å². The third kappa shape index (κ3) is 29.1. The number of rotatable bonds is 31. The van der Waals surface area contributed by atoms with Gasteiger partial charge in [-0.05, 0) is 23.7 Å². The summed E-state index contributed by atoms with van der Waals surface area (Å²) in [6.07, 6.45) is 32.3. The molecule has 0 radical (unpaired) electrons. The summed E-state index contributed by atoms with van der Waals surface area (Å²) in [5.74, 6) is -1.22. The second kappa shape index (κ2) is 28.9. The largest absolute Gasteiger partial charge is 0.465 e. The van der Waals surface area contributed by atoms with Gasteiger partial charge in [0, 0.05) is 0 Å². The number of hydrogen-bond donors (Lipinski definition) is 0. The van der Waals surface area contributed by atoms with Gasteiger partial charge in [-0.15, -0.1) is 0 Å². The highest BCUT2D eigenvalue weighted by atomic mass is 16.5. The quantitative estimate of drug-likeness (QED) is 0.0553. The maximum absolute atomic E-state index is 13.6. The van der Waals surface area contributed by atoms with Crippen molar-refractivity contribution in [1.82, 2.24) is 0 Å². The molecule has 4 nitrogen and oxygen atoms in total. The Morgan fingerprint density at radius 3 is 0.826 bits per heavy atom. The van der Waals surface area contributed by atoms with Crippen LogP contribution < -0.4 is 0 Å². The molecular formula is C42H82O4. The lowest BCUT2D eigenvalue weighted by Crippen LogP contribution is -2.35. The number of esters is 2. The Kier molecular flexibility index (Phi) is 28.2. The van der Waals surface area contributed by atoms with Crippen molar-refractivity contribution in [2.75, 3.05) is 13.2 Å². The van der Waals surface area contributed by atoms with Gasteiger partial charge in [0.1, 0.15) is 0 Å². The van der Waals surface area contributed by atoms with Crippen LogP contribution in [0.2, 0.25) is 0 Å². The summed E-state index contributed by atoms with van der Waals surface area (Å²) in [5.41, 5.74) is -0.206. The summed E-state index contributed by atoms with van der Waals surface area (Å²) in [6.45, 7) is 17.8. The van der Waals surface area contributed by atoms with Crippen LogP contribution in [0, 0.1) is 22.7 Å². The van der Waals surface area contributed by atoms with Crippen LogP contribution in [0.5, 0.6) is 0 Å². The Bertz CT molecular complexity index is 641. The molecule has 2 atom stereocenters. The van der Waals surface area contributed by atoms with Gasteiger partial charge in [-0.2, -0.15) is 0 Å². The zero-order valence-electron chi connectivity index (χ0n) is 32.6. The summed E-state index contributed by atoms with van der Waals surface area (Å²) in [5, 5.41) is 0. The molecule has 0 amide bonds. The molecule has 0 aliphatic rings. The molecule has 0 saturated carbocycles. The van der Waals surface area contributed by atoms with Crippen LogP contribution in [-0.2, 0) is 19.1 Å². The molecule has 0 saturated heterocycles. The third-order valence-electron chi connectivity index (χ3n) is 9.12. The molecule has 0 aromatic heterocycles. The molecular weight excluding hydrogens is 568 g/mol. The molecule has 0 spiro atoms. The van der Waals surface area contributed by atoms with Crippen molar-refractivity contribution in [1.29, 1.82) is 0 Å². The number of carbonyl (C=O) groups is 2. The van der Waals surface area contributed by atoms with Gasteiger partial charge in [0.25, 0.3) is 0 Å². The van der Waals surface area contributed by atoms with Crippen molar-refractivity contribution in [2.24, 2.45) is 22.7 Å². The fourth-order valence-electron chi connectivity index (χ4n) is 6.17. The van der Waals surface area contributed by atoms with Crippen molar-refractivity contribution in [3.63, 3.8) is 0 Å². The molecule has 0 heterocycles. The van der Waals surface area contributed by atoms with Gasteiger partial charge in [0.05, 0.1) is 25.0 Å². The van der Waals surface area contributed by atoms with Gasteiger partial charge in [-0.3, -0.25) is 9.59 Å². The Balaban J connectivity index is 4.96. The van der Waals surface area contributed by atoms with Crippen LogP contribution in [0.15, 0.2) is 0 Å². The first-order chi connectivity index (χ1) is 21.9. The van der Waals surface area contributed by atoms with Crippen LogP contribution in [0.1, 0.15) is 222 Å². The normalized spacial score (nSPS) is 13.5. The van der Waals surface area contributed by atoms with Crippen molar-refractivity contribution in [3.05, 3.63) is 0 Å². The van der Waals surface area contributed by atoms with Crippen LogP contribution >= 0.6 is 0 Å². The highest BCUT2D eigenvalue weighted by Gasteiger charge is 2.36. The lowest BCUT2D eigenvalue weighted by Gasteiger charge is -2.28. The first-order valence-corrected chi connectivity index (χ1v) is 20.2. The fraction of sp³-hybridized carbons (Fsp3) is 0.952. The molecule has 0 fully saturated rings. The van der Waals surface area contributed by atoms with Crippen molar-refractivity contribution < 1.29 is 19.1 Å². The minimum atomic E-state index is -0.411. The number of ether oxygens (including phenoxy) is 2. The summed E-state index contributed by atoms with van der Waals surface area (Å²) in [6, 6.07) is 0. The summed E-state index contributed by atoms with van der Waals surface area (Å²) in [4.78, 5) is 27.1. The van der Waals surface area contributed by atoms with E-state index >= 15 is 0 Å². The molecule has 274 valence electrons. The van der Waals surface area contributed by atoms with Crippen LogP contribution in [-0.4, -0.2) is 25.2 Å². The van der Waals surface area contributed by atoms with E-state index in [1.807, 2.05) is 0 Å². The Hall–Kier alpha value is -1.06. The molecule has 2 unspecified atom stereocenters. The molecule has 46 heavy (non-hydrogen) atoms. The summed E-state index contributed by atoms with van der Waals surface area (Å²) >= 11 is 0. The summed E-state index contributed by atoms with van der Waals surface area (Å²) < 4.78 is 11.7. The Morgan fingerprint density at radius 2 is 0.609 bits per heavy atom. The summed E-state index contributed by atoms with van der Waals surface area (Å²) in [7, 11) is 0. The SMILES string of the molecule is CCCCCCCCCCCCCCC(C(=O)OCC(C)(C)C)C(CCCCCCCCCCCCCC)C(=O)OCC(C)(C)C. The Morgan fingerprint density at radius 1 is 0.391 bits per heavy atom. The minimum Gasteiger partial charge on any atom is -0.465 e. The van der Waals surface area contributed by atoms with E-state index in [0.29, 0.717) is 26.1 Å². The predicted molar refractivity (Wildman–Crippen MR) is 199 cm³/mol. The van der Waals surface area contributed by atoms with Crippen LogP contribution in [0.3, 0.4) is 0 Å². The third-order valence-corrected chi connectivity index (χ3v) is 9.12. The standard InChI is InChI=1S/C42H82O4/c1-9-11-13-15-17-19-21-23-25-27-29-31-33-37(39(43)45-35-41(3,4)5)38(40(44)46-36-42(6,7)8)34-32-30-28-26-24-22-20-18-16-14-12-10-2/h37-38H,9-36H2,1-8H3. The first-order valence-electron chi connectivity index (χ1n) is 20.2. The maximum atomic E-state index is 13.6. The lowest BCUT2D eigenvalue weighted by molar-refractivity contribution is -0.164. The van der Waals surface area contributed by atoms with E-state index in [1.165, 1.54) is 128 Å². The van der Waals surface area contributed by atoms with E-state index in [-0.39, 0.29) is 22.8 Å². The number of hydrogen-bond acceptors (Lipinski definition) is 4. The minimum absolute atomic E-state index is 0.103. The van der Waals surface area contributed by atoms with E-state index in [1.54, 1.807) is 0 Å². The van der Waals surface area contributed by atoms with Gasteiger partial charge >= 0.3 is 11.9 Å². The second-order valence-electron chi connectivity index (χ2n) is 16.9. The lowest BCUT2D eigenvalue weighted by atomic mass is 9.83. The monoisotopic (exact) mass is 651 g/mol. The van der Waals surface area contributed by atoms with E-state index in [0.717, 1.165) is 25.7 Å². The van der Waals surface area contributed by atoms with Gasteiger partial charge in [0.15, 0.2) is 0 Å². The average molecular weight is 651 g/mol. The van der Waals surface area contributed by atoms with Gasteiger partial charge in [-0.1, -0.05) is 209 Å². The molecule has 4 heteroatoms. The topological polar surface area (TPSA) is 52.6 Å². The van der Waals surface area contributed by atoms with Crippen molar-refractivity contribution >= 4 is 11.9 Å². The van der Waals surface area contributed by atoms with Gasteiger partial charge in [0.2, 0.25) is 0 Å². The maximum Gasteiger partial charge on any atom is 0.309 e. The van der Waals surface area contributed by atoms with E-state index in [4.69, 9.17) is 9.47 Å². The highest BCUT2D eigenvalue weighted by molar-refractivity contribution is 5.82. The molecule has 0 aromatic rings. The predicted octanol–water partition coefficient (Wildman–Crippen LogP) is 13.6. The zero-order valence-corrected chi connectivity index (χ0v) is 32.6. The second-order valence-corrected chi connectivity index (χ2v) is 16.9. The molecule has 0 aliphatic carbocycles. The highest BCUT2D eigenvalue weighted by Crippen LogP contribution is 2.30. The average Bonchev–Trinajstić information content (AvgIpc) is 2.99. The molecule has 0 bridgehead atoms. The fourth-order valence-corrected chi connectivity index (χ4v) is 6.17. The van der Waals surface area contributed by atoms with Crippen LogP contribution in [0.4, 0.5) is 0 Å². The number of unbranched alkanes of at least 4 members (excludes halogenated alkanes) is 22. The van der Waals surface area contributed by atoms with E-state index in [9.17, 15) is 9.59 Å². The van der Waals surface area contributed by atoms with Crippen molar-refractivity contribution in [2.45, 2.75) is 222 Å². The molecule has 0 N–H and O–H groups in total. The molecule has 0 rings (SSSR count). The first kappa shape index (κ1) is 44.9. The molecule has 0 aromatic carbocycles. The van der Waals surface area contributed by atoms with E-state index < -0.39 is 11.8 Å². The van der Waals surface area contributed by atoms with E-state index in [2.05, 4.69) is 55.4 Å². The number of carbonyl (C=O) groups excluding carboxylic acids is 2. The zero-order chi connectivity index (χ0) is 34.5. The molecule has 0 aliphatic heterocycles. The smallest absolute Gasteiger partial charge is 0.309 e. The van der Waals surface area contributed by atoms with Crippen molar-refractivity contribution in [3.8, 4) is 0 Å². The van der Waals surface area contributed by atoms with Gasteiger partial charge in [-0.25, -0.2) is 0 Å².